The SMILES string of the molecule is C.C.C.C.C.C.C.C.C.C.C.C.C.C.C.[CH2-]CCC.[CH2-]CCC.[Y]. The summed E-state index contributed by atoms with van der Waals surface area (Å²) in [6.07, 6.45) is 4.56. The Bertz CT molecular complexity index is 14.0. The Morgan fingerprint density at radius 2 is 0.417 bits per heavy atom. The first-order valence-corrected chi connectivity index (χ1v) is 3.41. The standard InChI is InChI=1S/2C4H9.15CH4.Y/c2*1-3-4-2;;;;;;;;;;;;;;;;/h2*1,3-4H2,2H3;15*1H4;/q2*-1;;;;;;;;;;;;;;;;. The van der Waals surface area contributed by atoms with E-state index in [9.17, 15) is 0 Å². The molecule has 0 aromatic carbocycles. The smallest absolute Gasteiger partial charge is 0 e. The van der Waals surface area contributed by atoms with Gasteiger partial charge in [0.25, 0.3) is 0 Å². The fraction of sp³-hybridized carbons (Fsp3) is 0.913. The van der Waals surface area contributed by atoms with E-state index >= 15 is 0 Å². The Labute approximate surface area is 196 Å². The average molecular weight is 444 g/mol. The number of rotatable bonds is 2. The minimum Gasteiger partial charge on any atom is -0.343 e. The summed E-state index contributed by atoms with van der Waals surface area (Å²) in [6.45, 7) is 11.4. The van der Waals surface area contributed by atoms with Gasteiger partial charge in [-0.3, -0.25) is 0 Å². The van der Waals surface area contributed by atoms with Crippen molar-refractivity contribution in [3.63, 3.8) is 0 Å². The van der Waals surface area contributed by atoms with Crippen LogP contribution in [-0.4, -0.2) is 0 Å². The van der Waals surface area contributed by atoms with E-state index in [0.29, 0.717) is 0 Å². The van der Waals surface area contributed by atoms with E-state index in [1.807, 2.05) is 0 Å². The molecule has 0 bridgehead atoms. The molecule has 0 aliphatic heterocycles. The monoisotopic (exact) mass is 444 g/mol. The van der Waals surface area contributed by atoms with Crippen LogP contribution in [0, 0.1) is 13.8 Å². The van der Waals surface area contributed by atoms with E-state index in [1.54, 1.807) is 0 Å². The minimum absolute atomic E-state index is 0. The summed E-state index contributed by atoms with van der Waals surface area (Å²) in [7, 11) is 0. The Kier molecular flexibility index (Phi) is 5950. The molecule has 0 aliphatic rings. The molecule has 1 radical (unpaired) electrons. The first kappa shape index (κ1) is 289. The molecule has 0 spiro atoms. The summed E-state index contributed by atoms with van der Waals surface area (Å²) in [5.41, 5.74) is 0. The zero-order valence-electron chi connectivity index (χ0n) is 6.82. The average Bonchev–Trinajstić information content (AvgIpc) is 1.88. The molecule has 0 aromatic rings. The maximum atomic E-state index is 3.60. The second-order valence-electron chi connectivity index (χ2n) is 1.71. The van der Waals surface area contributed by atoms with Crippen LogP contribution in [-0.2, 0) is 32.7 Å². The van der Waals surface area contributed by atoms with Gasteiger partial charge in [-0.05, 0) is 0 Å². The molecule has 175 valence electrons. The van der Waals surface area contributed by atoms with E-state index in [2.05, 4.69) is 27.7 Å². The van der Waals surface area contributed by atoms with Crippen molar-refractivity contribution in [3.8, 4) is 0 Å². The first-order chi connectivity index (χ1) is 3.83. The van der Waals surface area contributed by atoms with Gasteiger partial charge in [0.1, 0.15) is 0 Å². The summed E-state index contributed by atoms with van der Waals surface area (Å²) in [5.74, 6) is 0. The molecular weight excluding hydrogens is 365 g/mol. The van der Waals surface area contributed by atoms with Gasteiger partial charge in [0.05, 0.1) is 0 Å². The molecule has 0 nitrogen and oxygen atoms in total. The van der Waals surface area contributed by atoms with Crippen LogP contribution in [0.25, 0.3) is 0 Å². The fourth-order valence-electron chi connectivity index (χ4n) is 0. The van der Waals surface area contributed by atoms with Crippen molar-refractivity contribution >= 4 is 0 Å². The molecule has 24 heavy (non-hydrogen) atoms. The molecule has 0 amide bonds. The molecule has 0 aliphatic carbocycles. The van der Waals surface area contributed by atoms with Gasteiger partial charge < -0.3 is 13.8 Å². The van der Waals surface area contributed by atoms with Gasteiger partial charge in [-0.1, -0.05) is 138 Å². The predicted octanol–water partition coefficient (Wildman–Crippen LogP) is 12.8. The van der Waals surface area contributed by atoms with Gasteiger partial charge in [0, 0.05) is 32.7 Å². The number of hydrogen-bond acceptors (Lipinski definition) is 0. The van der Waals surface area contributed by atoms with Gasteiger partial charge in [-0.15, -0.1) is 0 Å². The zero-order valence-corrected chi connectivity index (χ0v) is 9.66. The van der Waals surface area contributed by atoms with Crippen LogP contribution in [0.4, 0.5) is 0 Å². The molecular formula is C23H78Y-2. The molecule has 0 unspecified atom stereocenters. The molecule has 0 saturated carbocycles. The van der Waals surface area contributed by atoms with Crippen molar-refractivity contribution in [2.75, 3.05) is 0 Å². The molecule has 0 aromatic heterocycles. The summed E-state index contributed by atoms with van der Waals surface area (Å²) >= 11 is 0. The van der Waals surface area contributed by atoms with Crippen molar-refractivity contribution in [3.05, 3.63) is 13.8 Å². The quantitative estimate of drug-likeness (QED) is 0.372. The van der Waals surface area contributed by atoms with Gasteiger partial charge in [0.15, 0.2) is 0 Å². The Morgan fingerprint density at radius 3 is 0.417 bits per heavy atom. The second-order valence-corrected chi connectivity index (χ2v) is 1.71. The first-order valence-electron chi connectivity index (χ1n) is 3.41. The van der Waals surface area contributed by atoms with Crippen LogP contribution < -0.4 is 0 Å². The molecule has 0 fully saturated rings. The summed E-state index contributed by atoms with van der Waals surface area (Å²) < 4.78 is 0. The normalized spacial score (nSPS) is 2.50. The fourth-order valence-corrected chi connectivity index (χ4v) is 0. The van der Waals surface area contributed by atoms with Crippen LogP contribution in [0.1, 0.15) is 151 Å². The number of unbranched alkanes of at least 4 members (excludes halogenated alkanes) is 2. The second kappa shape index (κ2) is 494. The summed E-state index contributed by atoms with van der Waals surface area (Å²) in [4.78, 5) is 0. The van der Waals surface area contributed by atoms with Crippen LogP contribution in [0.15, 0.2) is 0 Å². The Morgan fingerprint density at radius 1 is 0.375 bits per heavy atom. The third kappa shape index (κ3) is 1170. The van der Waals surface area contributed by atoms with Gasteiger partial charge >= 0.3 is 0 Å². The van der Waals surface area contributed by atoms with E-state index in [4.69, 9.17) is 0 Å². The minimum atomic E-state index is 0. The number of hydrogen-bond donors (Lipinski definition) is 0. The van der Waals surface area contributed by atoms with Crippen LogP contribution in [0.3, 0.4) is 0 Å². The van der Waals surface area contributed by atoms with Crippen molar-refractivity contribution < 1.29 is 32.7 Å². The van der Waals surface area contributed by atoms with Crippen molar-refractivity contribution in [2.45, 2.75) is 151 Å². The molecule has 1 heteroatoms. The van der Waals surface area contributed by atoms with Gasteiger partial charge in [-0.2, -0.15) is 12.8 Å². The summed E-state index contributed by atoms with van der Waals surface area (Å²) in [6, 6.07) is 0. The Balaban J connectivity index is -0.00000000112. The molecule has 0 atom stereocenters. The van der Waals surface area contributed by atoms with E-state index < -0.39 is 0 Å². The molecule has 0 heterocycles. The molecule has 0 saturated heterocycles. The van der Waals surface area contributed by atoms with Gasteiger partial charge in [-0.25, -0.2) is 0 Å². The van der Waals surface area contributed by atoms with Crippen LogP contribution >= 0.6 is 0 Å². The van der Waals surface area contributed by atoms with E-state index in [1.165, 1.54) is 12.8 Å². The third-order valence-corrected chi connectivity index (χ3v) is 0.707. The van der Waals surface area contributed by atoms with Crippen molar-refractivity contribution in [2.24, 2.45) is 0 Å². The maximum absolute atomic E-state index is 3.60. The topological polar surface area (TPSA) is 0 Å². The van der Waals surface area contributed by atoms with Crippen LogP contribution in [0.2, 0.25) is 0 Å². The third-order valence-electron chi connectivity index (χ3n) is 0.707. The summed E-state index contributed by atoms with van der Waals surface area (Å²) in [5, 5.41) is 0. The molecule has 0 N–H and O–H groups in total. The van der Waals surface area contributed by atoms with Gasteiger partial charge in [0.2, 0.25) is 0 Å². The largest absolute Gasteiger partial charge is 0.343 e. The molecule has 0 rings (SSSR count). The van der Waals surface area contributed by atoms with Crippen molar-refractivity contribution in [1.82, 2.24) is 0 Å². The predicted molar refractivity (Wildman–Crippen MR) is 141 cm³/mol. The zero-order chi connectivity index (χ0) is 6.83. The maximum Gasteiger partial charge on any atom is 0 e. The van der Waals surface area contributed by atoms with Crippen molar-refractivity contribution in [1.29, 1.82) is 0 Å². The van der Waals surface area contributed by atoms with Crippen LogP contribution in [0.5, 0.6) is 0 Å². The van der Waals surface area contributed by atoms with E-state index in [-0.39, 0.29) is 144 Å². The van der Waals surface area contributed by atoms with E-state index in [0.717, 1.165) is 12.8 Å². The Hall–Kier alpha value is 1.10.